The summed E-state index contributed by atoms with van der Waals surface area (Å²) in [5.41, 5.74) is 10.1. The minimum atomic E-state index is -0.238. The molecule has 0 aromatic heterocycles. The third kappa shape index (κ3) is 3.51. The molecule has 1 aliphatic carbocycles. The van der Waals surface area contributed by atoms with Gasteiger partial charge >= 0.3 is 0 Å². The highest BCUT2D eigenvalue weighted by molar-refractivity contribution is 6.41. The second-order valence-corrected chi connectivity index (χ2v) is 11.5. The molecule has 0 amide bonds. The molecule has 0 spiro atoms. The zero-order valence-corrected chi connectivity index (χ0v) is 23.1. The molecule has 2 aliphatic rings. The van der Waals surface area contributed by atoms with E-state index in [4.69, 9.17) is 0 Å². The van der Waals surface area contributed by atoms with Gasteiger partial charge in [-0.05, 0) is 83.8 Å². The van der Waals surface area contributed by atoms with E-state index in [1.165, 1.54) is 27.8 Å². The summed E-state index contributed by atoms with van der Waals surface area (Å²) < 4.78 is 0. The molecule has 5 aromatic carbocycles. The van der Waals surface area contributed by atoms with Crippen LogP contribution < -0.4 is 4.90 Å². The number of rotatable bonds is 2. The van der Waals surface area contributed by atoms with Crippen LogP contribution in [0.1, 0.15) is 62.4 Å². The second kappa shape index (κ2) is 8.62. The van der Waals surface area contributed by atoms with Crippen LogP contribution in [0.5, 0.6) is 0 Å². The van der Waals surface area contributed by atoms with Crippen molar-refractivity contribution in [2.75, 3.05) is 4.90 Å². The van der Waals surface area contributed by atoms with Crippen molar-refractivity contribution >= 4 is 45.5 Å². The van der Waals surface area contributed by atoms with Crippen molar-refractivity contribution in [3.05, 3.63) is 142 Å². The van der Waals surface area contributed by atoms with Gasteiger partial charge in [-0.25, -0.2) is 0 Å². The van der Waals surface area contributed by atoms with E-state index in [-0.39, 0.29) is 22.6 Å². The van der Waals surface area contributed by atoms with Gasteiger partial charge in [0.1, 0.15) is 0 Å². The van der Waals surface area contributed by atoms with Gasteiger partial charge in [-0.15, -0.1) is 0 Å². The first-order valence-corrected chi connectivity index (χ1v) is 13.7. The largest absolute Gasteiger partial charge is 0.310 e. The van der Waals surface area contributed by atoms with Crippen molar-refractivity contribution in [2.24, 2.45) is 0 Å². The molecule has 3 heteroatoms. The zero-order chi connectivity index (χ0) is 27.8. The number of ketones is 2. The van der Waals surface area contributed by atoms with E-state index in [1.807, 2.05) is 31.2 Å². The summed E-state index contributed by atoms with van der Waals surface area (Å²) in [5, 5.41) is 2.25. The summed E-state index contributed by atoms with van der Waals surface area (Å²) in [6, 6.07) is 33.3. The van der Waals surface area contributed by atoms with E-state index < -0.39 is 0 Å². The van der Waals surface area contributed by atoms with Gasteiger partial charge in [0.25, 0.3) is 0 Å². The molecule has 0 unspecified atom stereocenters. The Morgan fingerprint density at radius 3 is 2.17 bits per heavy atom. The third-order valence-electron chi connectivity index (χ3n) is 8.43. The number of aryl methyl sites for hydroxylation is 2. The Hall–Kier alpha value is -4.76. The number of benzene rings is 5. The molecule has 0 radical (unpaired) electrons. The molecule has 0 saturated carbocycles. The first-order valence-electron chi connectivity index (χ1n) is 13.7. The van der Waals surface area contributed by atoms with Crippen molar-refractivity contribution in [2.45, 2.75) is 33.1 Å². The van der Waals surface area contributed by atoms with Crippen LogP contribution in [0.15, 0.2) is 103 Å². The van der Waals surface area contributed by atoms with Gasteiger partial charge < -0.3 is 4.90 Å². The number of carbonyl (C=O) groups is 2. The van der Waals surface area contributed by atoms with Crippen molar-refractivity contribution in [1.82, 2.24) is 0 Å². The zero-order valence-electron chi connectivity index (χ0n) is 23.1. The Morgan fingerprint density at radius 1 is 0.675 bits per heavy atom. The van der Waals surface area contributed by atoms with Crippen LogP contribution in [0.3, 0.4) is 0 Å². The molecule has 194 valence electrons. The maximum atomic E-state index is 13.1. The van der Waals surface area contributed by atoms with Crippen molar-refractivity contribution < 1.29 is 9.59 Å². The minimum absolute atomic E-state index is 0.194. The highest BCUT2D eigenvalue weighted by Crippen LogP contribution is 2.54. The molecule has 5 aromatic rings. The van der Waals surface area contributed by atoms with Gasteiger partial charge in [0.2, 0.25) is 0 Å². The van der Waals surface area contributed by atoms with Gasteiger partial charge in [-0.2, -0.15) is 0 Å². The first-order chi connectivity index (χ1) is 19.2. The number of allylic oxidation sites excluding steroid dienone is 1. The summed E-state index contributed by atoms with van der Waals surface area (Å²) in [6.07, 6.45) is 1.75. The molecular weight excluding hydrogens is 490 g/mol. The van der Waals surface area contributed by atoms with Crippen molar-refractivity contribution in [3.63, 3.8) is 0 Å². The van der Waals surface area contributed by atoms with Crippen molar-refractivity contribution in [3.8, 4) is 0 Å². The predicted molar refractivity (Wildman–Crippen MR) is 163 cm³/mol. The smallest absolute Gasteiger partial charge is 0.197 e. The molecule has 1 heterocycles. The number of fused-ring (bicyclic) bond motifs is 5. The number of anilines is 3. The molecule has 1 aliphatic heterocycles. The molecule has 0 saturated heterocycles. The topological polar surface area (TPSA) is 37.4 Å². The Balaban J connectivity index is 1.40. The van der Waals surface area contributed by atoms with E-state index in [2.05, 4.69) is 92.4 Å². The normalized spacial score (nSPS) is 16.3. The highest BCUT2D eigenvalue weighted by atomic mass is 16.2. The Bertz CT molecular complexity index is 1930. The molecular formula is C37H29NO2. The van der Waals surface area contributed by atoms with Crippen LogP contribution in [-0.2, 0) is 5.41 Å². The number of hydrogen-bond acceptors (Lipinski definition) is 3. The lowest BCUT2D eigenvalue weighted by atomic mass is 9.71. The van der Waals surface area contributed by atoms with E-state index in [0.717, 1.165) is 27.9 Å². The number of nitrogens with zero attached hydrogens (tertiary/aromatic N) is 1. The standard InChI is InChI=1S/C37H29NO2/c1-22-10-14-28-29(18-22)36(40)30(35(28)39)21-24-12-15-27-25(20-24)13-17-33-34(27)37(3,4)31-19-23(2)11-16-32(31)38(33)26-8-6-5-7-9-26/h5-21H,1-4H3/b30-21-. The average Bonchev–Trinajstić information content (AvgIpc) is 3.17. The van der Waals surface area contributed by atoms with Gasteiger partial charge in [0.15, 0.2) is 11.6 Å². The lowest BCUT2D eigenvalue weighted by Crippen LogP contribution is -2.31. The van der Waals surface area contributed by atoms with Gasteiger partial charge in [0, 0.05) is 22.2 Å². The highest BCUT2D eigenvalue weighted by Gasteiger charge is 2.38. The van der Waals surface area contributed by atoms with Gasteiger partial charge in [-0.3, -0.25) is 9.59 Å². The van der Waals surface area contributed by atoms with E-state index in [9.17, 15) is 9.59 Å². The Morgan fingerprint density at radius 2 is 1.38 bits per heavy atom. The lowest BCUT2D eigenvalue weighted by Gasteiger charge is -2.43. The number of hydrogen-bond donors (Lipinski definition) is 0. The van der Waals surface area contributed by atoms with Crippen LogP contribution in [0.2, 0.25) is 0 Å². The van der Waals surface area contributed by atoms with Crippen LogP contribution >= 0.6 is 0 Å². The maximum absolute atomic E-state index is 13.1. The minimum Gasteiger partial charge on any atom is -0.310 e. The summed E-state index contributed by atoms with van der Waals surface area (Å²) in [6.45, 7) is 8.68. The molecule has 0 N–H and O–H groups in total. The fraction of sp³-hybridized carbons (Fsp3) is 0.135. The monoisotopic (exact) mass is 519 g/mol. The Labute approximate surface area is 234 Å². The third-order valence-corrected chi connectivity index (χ3v) is 8.43. The lowest BCUT2D eigenvalue weighted by molar-refractivity contribution is 0.0990. The van der Waals surface area contributed by atoms with Crippen molar-refractivity contribution in [1.29, 1.82) is 0 Å². The summed E-state index contributed by atoms with van der Waals surface area (Å²) in [7, 11) is 0. The average molecular weight is 520 g/mol. The quantitative estimate of drug-likeness (QED) is 0.172. The fourth-order valence-corrected chi connectivity index (χ4v) is 6.47. The predicted octanol–water partition coefficient (Wildman–Crippen LogP) is 9.03. The van der Waals surface area contributed by atoms with Gasteiger partial charge in [0.05, 0.1) is 16.9 Å². The molecule has 0 atom stereocenters. The fourth-order valence-electron chi connectivity index (χ4n) is 6.47. The molecule has 3 nitrogen and oxygen atoms in total. The maximum Gasteiger partial charge on any atom is 0.197 e. The summed E-state index contributed by atoms with van der Waals surface area (Å²) in [4.78, 5) is 28.6. The van der Waals surface area contributed by atoms with Crippen LogP contribution in [-0.4, -0.2) is 11.6 Å². The van der Waals surface area contributed by atoms with Crippen LogP contribution in [0, 0.1) is 13.8 Å². The summed E-state index contributed by atoms with van der Waals surface area (Å²) in [5.74, 6) is -0.391. The summed E-state index contributed by atoms with van der Waals surface area (Å²) >= 11 is 0. The molecule has 0 bridgehead atoms. The number of Topliss-reactive ketones (excluding diaryl/α,β-unsaturated/α-hetero) is 2. The first kappa shape index (κ1) is 24.3. The SMILES string of the molecule is Cc1ccc2c(c1)C(=O)/C(=C\c1ccc3c4c(ccc3c1)N(c1ccccc1)c1ccc(C)cc1C4(C)C)C2=O. The van der Waals surface area contributed by atoms with E-state index in [1.54, 1.807) is 12.1 Å². The van der Waals surface area contributed by atoms with E-state index >= 15 is 0 Å². The van der Waals surface area contributed by atoms with E-state index in [0.29, 0.717) is 11.1 Å². The number of para-hydroxylation sites is 1. The molecule has 7 rings (SSSR count). The molecule has 0 fully saturated rings. The molecule has 40 heavy (non-hydrogen) atoms. The number of carbonyl (C=O) groups excluding carboxylic acids is 2. The Kier molecular flexibility index (Phi) is 5.24. The van der Waals surface area contributed by atoms with Crippen LogP contribution in [0.25, 0.3) is 16.8 Å². The van der Waals surface area contributed by atoms with Gasteiger partial charge in [-0.1, -0.05) is 85.6 Å². The second-order valence-electron chi connectivity index (χ2n) is 11.5. The van der Waals surface area contributed by atoms with Crippen LogP contribution in [0.4, 0.5) is 17.1 Å².